The molecule has 0 atom stereocenters. The Balaban J connectivity index is 1.75. The summed E-state index contributed by atoms with van der Waals surface area (Å²) < 4.78 is 0. The van der Waals surface area contributed by atoms with Crippen molar-refractivity contribution in [1.82, 2.24) is 15.6 Å². The van der Waals surface area contributed by atoms with Crippen molar-refractivity contribution in [1.29, 1.82) is 0 Å². The molecule has 0 fully saturated rings. The summed E-state index contributed by atoms with van der Waals surface area (Å²) >= 11 is 0. The molecule has 0 spiro atoms. The zero-order valence-electron chi connectivity index (χ0n) is 13.3. The minimum atomic E-state index is -0.381. The van der Waals surface area contributed by atoms with Gasteiger partial charge in [0.05, 0.1) is 0 Å². The van der Waals surface area contributed by atoms with Crippen LogP contribution in [0.4, 0.5) is 0 Å². The number of para-hydroxylation sites is 1. The summed E-state index contributed by atoms with van der Waals surface area (Å²) in [7, 11) is 0. The quantitative estimate of drug-likeness (QED) is 0.742. The third-order valence-corrected chi connectivity index (χ3v) is 3.38. The molecule has 118 valence electrons. The van der Waals surface area contributed by atoms with E-state index in [1.54, 1.807) is 0 Å². The molecule has 1 aromatic heterocycles. The standard InChI is InChI=1S/C17H23N3O2/c1-17(2,3)16(22)19-10-6-9-18-15(21)14-11-12-7-4-5-8-13(12)20-14/h4-5,7-8,11,20H,6,9-10H2,1-3H3,(H,18,21)(H,19,22). The van der Waals surface area contributed by atoms with Gasteiger partial charge in [-0.05, 0) is 18.6 Å². The monoisotopic (exact) mass is 301 g/mol. The van der Waals surface area contributed by atoms with Gasteiger partial charge in [0, 0.05) is 29.4 Å². The smallest absolute Gasteiger partial charge is 0.267 e. The second-order valence-corrected chi connectivity index (χ2v) is 6.39. The van der Waals surface area contributed by atoms with E-state index in [4.69, 9.17) is 0 Å². The van der Waals surface area contributed by atoms with Gasteiger partial charge >= 0.3 is 0 Å². The molecular formula is C17H23N3O2. The molecule has 0 unspecified atom stereocenters. The van der Waals surface area contributed by atoms with Gasteiger partial charge in [-0.25, -0.2) is 0 Å². The average Bonchev–Trinajstić information content (AvgIpc) is 2.89. The number of benzene rings is 1. The van der Waals surface area contributed by atoms with Crippen LogP contribution in [0, 0.1) is 5.41 Å². The van der Waals surface area contributed by atoms with E-state index >= 15 is 0 Å². The van der Waals surface area contributed by atoms with Gasteiger partial charge in [-0.15, -0.1) is 0 Å². The number of fused-ring (bicyclic) bond motifs is 1. The fourth-order valence-electron chi connectivity index (χ4n) is 2.05. The summed E-state index contributed by atoms with van der Waals surface area (Å²) in [4.78, 5) is 26.8. The predicted molar refractivity (Wildman–Crippen MR) is 87.7 cm³/mol. The minimum absolute atomic E-state index is 0.0226. The zero-order chi connectivity index (χ0) is 16.2. The van der Waals surface area contributed by atoms with Gasteiger partial charge in [0.15, 0.2) is 0 Å². The molecule has 22 heavy (non-hydrogen) atoms. The van der Waals surface area contributed by atoms with E-state index < -0.39 is 0 Å². The van der Waals surface area contributed by atoms with Crippen LogP contribution in [0.1, 0.15) is 37.7 Å². The average molecular weight is 301 g/mol. The second kappa shape index (κ2) is 6.64. The van der Waals surface area contributed by atoms with Gasteiger partial charge in [-0.1, -0.05) is 39.0 Å². The van der Waals surface area contributed by atoms with Crippen LogP contribution in [0.3, 0.4) is 0 Å². The van der Waals surface area contributed by atoms with E-state index in [2.05, 4.69) is 15.6 Å². The van der Waals surface area contributed by atoms with Crippen LogP contribution >= 0.6 is 0 Å². The number of hydrogen-bond donors (Lipinski definition) is 3. The first kappa shape index (κ1) is 16.1. The van der Waals surface area contributed by atoms with Crippen molar-refractivity contribution in [2.45, 2.75) is 27.2 Å². The van der Waals surface area contributed by atoms with Gasteiger partial charge in [0.1, 0.15) is 5.69 Å². The molecule has 1 heterocycles. The highest BCUT2D eigenvalue weighted by Gasteiger charge is 2.20. The van der Waals surface area contributed by atoms with E-state index in [0.717, 1.165) is 10.9 Å². The Morgan fingerprint density at radius 2 is 1.77 bits per heavy atom. The van der Waals surface area contributed by atoms with E-state index in [0.29, 0.717) is 25.2 Å². The second-order valence-electron chi connectivity index (χ2n) is 6.39. The summed E-state index contributed by atoms with van der Waals surface area (Å²) in [5.41, 5.74) is 1.12. The van der Waals surface area contributed by atoms with E-state index in [9.17, 15) is 9.59 Å². The molecule has 3 N–H and O–H groups in total. The predicted octanol–water partition coefficient (Wildman–Crippen LogP) is 2.45. The Kier molecular flexibility index (Phi) is 4.85. The van der Waals surface area contributed by atoms with Crippen molar-refractivity contribution < 1.29 is 9.59 Å². The van der Waals surface area contributed by atoms with Crippen LogP contribution in [0.2, 0.25) is 0 Å². The maximum absolute atomic E-state index is 12.0. The number of carbonyl (C=O) groups excluding carboxylic acids is 2. The third-order valence-electron chi connectivity index (χ3n) is 3.38. The topological polar surface area (TPSA) is 74.0 Å². The van der Waals surface area contributed by atoms with Crippen LogP contribution < -0.4 is 10.6 Å². The summed E-state index contributed by atoms with van der Waals surface area (Å²) in [6.45, 7) is 6.71. The SMILES string of the molecule is CC(C)(C)C(=O)NCCCNC(=O)c1cc2ccccc2[nH]1. The van der Waals surface area contributed by atoms with Gasteiger partial charge in [0.25, 0.3) is 5.91 Å². The highest BCUT2D eigenvalue weighted by Crippen LogP contribution is 2.14. The van der Waals surface area contributed by atoms with Crippen molar-refractivity contribution in [2.24, 2.45) is 5.41 Å². The Bertz CT molecular complexity index is 635. The number of amides is 2. The van der Waals surface area contributed by atoms with Crippen molar-refractivity contribution in [2.75, 3.05) is 13.1 Å². The van der Waals surface area contributed by atoms with Crippen molar-refractivity contribution in [3.8, 4) is 0 Å². The number of hydrogen-bond acceptors (Lipinski definition) is 2. The lowest BCUT2D eigenvalue weighted by molar-refractivity contribution is -0.128. The number of aromatic nitrogens is 1. The summed E-state index contributed by atoms with van der Waals surface area (Å²) in [6, 6.07) is 9.61. The Labute approximate surface area is 130 Å². The molecule has 5 nitrogen and oxygen atoms in total. The summed E-state index contributed by atoms with van der Waals surface area (Å²) in [6.07, 6.45) is 0.702. The lowest BCUT2D eigenvalue weighted by Crippen LogP contribution is -2.36. The van der Waals surface area contributed by atoms with Crippen molar-refractivity contribution >= 4 is 22.7 Å². The highest BCUT2D eigenvalue weighted by molar-refractivity contribution is 5.97. The van der Waals surface area contributed by atoms with E-state index in [1.165, 1.54) is 0 Å². The maximum Gasteiger partial charge on any atom is 0.267 e. The third kappa shape index (κ3) is 4.10. The fourth-order valence-corrected chi connectivity index (χ4v) is 2.05. The molecule has 0 saturated carbocycles. The normalized spacial score (nSPS) is 11.4. The molecule has 0 aliphatic carbocycles. The lowest BCUT2D eigenvalue weighted by atomic mass is 9.96. The van der Waals surface area contributed by atoms with Crippen LogP contribution in [-0.4, -0.2) is 29.9 Å². The number of rotatable bonds is 5. The van der Waals surface area contributed by atoms with Gasteiger partial charge in [-0.2, -0.15) is 0 Å². The molecule has 2 aromatic rings. The van der Waals surface area contributed by atoms with Gasteiger partial charge in [0.2, 0.25) is 5.91 Å². The van der Waals surface area contributed by atoms with Crippen LogP contribution in [0.25, 0.3) is 10.9 Å². The molecule has 0 bridgehead atoms. The van der Waals surface area contributed by atoms with E-state index in [-0.39, 0.29) is 17.2 Å². The Hall–Kier alpha value is -2.30. The van der Waals surface area contributed by atoms with Gasteiger partial charge < -0.3 is 15.6 Å². The molecule has 1 aromatic carbocycles. The maximum atomic E-state index is 12.0. The molecule has 0 saturated heterocycles. The van der Waals surface area contributed by atoms with Crippen LogP contribution in [0.5, 0.6) is 0 Å². The lowest BCUT2D eigenvalue weighted by Gasteiger charge is -2.17. The summed E-state index contributed by atoms with van der Waals surface area (Å²) in [5, 5.41) is 6.73. The molecular weight excluding hydrogens is 278 g/mol. The van der Waals surface area contributed by atoms with Crippen molar-refractivity contribution in [3.05, 3.63) is 36.0 Å². The number of nitrogens with one attached hydrogen (secondary N) is 3. The Morgan fingerprint density at radius 3 is 2.45 bits per heavy atom. The molecule has 2 amide bonds. The van der Waals surface area contributed by atoms with Crippen LogP contribution in [0.15, 0.2) is 30.3 Å². The van der Waals surface area contributed by atoms with Crippen LogP contribution in [-0.2, 0) is 4.79 Å². The first-order valence-electron chi connectivity index (χ1n) is 7.52. The number of aromatic amines is 1. The molecule has 5 heteroatoms. The minimum Gasteiger partial charge on any atom is -0.356 e. The van der Waals surface area contributed by atoms with E-state index in [1.807, 2.05) is 51.1 Å². The molecule has 0 aliphatic rings. The van der Waals surface area contributed by atoms with Gasteiger partial charge in [-0.3, -0.25) is 9.59 Å². The number of H-pyrrole nitrogens is 1. The first-order valence-corrected chi connectivity index (χ1v) is 7.52. The molecule has 0 aliphatic heterocycles. The largest absolute Gasteiger partial charge is 0.356 e. The first-order chi connectivity index (χ1) is 10.4. The van der Waals surface area contributed by atoms with Crippen molar-refractivity contribution in [3.63, 3.8) is 0 Å². The summed E-state index contributed by atoms with van der Waals surface area (Å²) in [5.74, 6) is -0.104. The zero-order valence-corrected chi connectivity index (χ0v) is 13.3. The molecule has 0 radical (unpaired) electrons. The molecule has 2 rings (SSSR count). The highest BCUT2D eigenvalue weighted by atomic mass is 16.2. The fraction of sp³-hybridized carbons (Fsp3) is 0.412. The number of carbonyl (C=O) groups is 2. The Morgan fingerprint density at radius 1 is 1.09 bits per heavy atom.